The van der Waals surface area contributed by atoms with E-state index in [0.29, 0.717) is 31.6 Å². The van der Waals surface area contributed by atoms with Gasteiger partial charge in [0.05, 0.1) is 26.4 Å². The lowest BCUT2D eigenvalue weighted by molar-refractivity contribution is -0.161. The van der Waals surface area contributed by atoms with E-state index in [9.17, 15) is 43.2 Å². The molecule has 2 unspecified atom stereocenters. The van der Waals surface area contributed by atoms with Crippen molar-refractivity contribution >= 4 is 39.5 Å². The maximum Gasteiger partial charge on any atom is 0.472 e. The van der Waals surface area contributed by atoms with Gasteiger partial charge in [-0.25, -0.2) is 9.13 Å². The number of phosphoric ester groups is 2. The molecule has 17 nitrogen and oxygen atoms in total. The van der Waals surface area contributed by atoms with Crippen LogP contribution in [0.2, 0.25) is 0 Å². The summed E-state index contributed by atoms with van der Waals surface area (Å²) in [6, 6.07) is 0. The van der Waals surface area contributed by atoms with Gasteiger partial charge in [0.2, 0.25) is 0 Å². The first kappa shape index (κ1) is 99.1. The van der Waals surface area contributed by atoms with Gasteiger partial charge in [0.1, 0.15) is 19.3 Å². The first-order valence-corrected chi connectivity index (χ1v) is 45.6. The Kier molecular flexibility index (Phi) is 73.5. The molecular formula is C82H160O17P2. The summed E-state index contributed by atoms with van der Waals surface area (Å²) in [5.41, 5.74) is 0. The molecule has 0 aliphatic carbocycles. The lowest BCUT2D eigenvalue weighted by Gasteiger charge is -2.21. The van der Waals surface area contributed by atoms with Crippen LogP contribution in [0, 0.1) is 5.92 Å². The van der Waals surface area contributed by atoms with Crippen LogP contribution in [0.1, 0.15) is 439 Å². The van der Waals surface area contributed by atoms with E-state index in [-0.39, 0.29) is 25.7 Å². The standard InChI is InChI=1S/C82H160O17P2/c1-6-9-12-15-18-21-24-26-28-30-32-34-36-38-40-43-45-50-55-60-65-79(84)92-71-77(98-82(87)68-63-58-52-47-44-41-39-37-35-33-31-29-27-25-22-19-16-13-10-7-2)73-96-100(88,89)94-69-76(83)70-95-101(90,91)97-74-78(72-93-80(85)66-61-56-53-48-49-54-59-64-75(4)5)99-81(86)67-62-57-51-46-42-23-20-17-14-11-8-3/h75-78,83H,6-74H2,1-5H3,(H,88,89)(H,90,91)/t76-,77-,78-/m1/s1. The third-order valence-corrected chi connectivity index (χ3v) is 21.2. The second kappa shape index (κ2) is 74.9. The number of unbranched alkanes of at least 4 members (excludes halogenated alkanes) is 54. The monoisotopic (exact) mass is 1480 g/mol. The number of carbonyl (C=O) groups is 4. The van der Waals surface area contributed by atoms with Crippen molar-refractivity contribution in [2.75, 3.05) is 39.6 Å². The van der Waals surface area contributed by atoms with Crippen LogP contribution in [0.3, 0.4) is 0 Å². The van der Waals surface area contributed by atoms with Crippen LogP contribution in [0.5, 0.6) is 0 Å². The predicted octanol–water partition coefficient (Wildman–Crippen LogP) is 24.8. The Morgan fingerprint density at radius 3 is 0.673 bits per heavy atom. The Hall–Kier alpha value is -1.94. The van der Waals surface area contributed by atoms with E-state index in [1.165, 1.54) is 257 Å². The van der Waals surface area contributed by atoms with Crippen molar-refractivity contribution in [3.8, 4) is 0 Å². The van der Waals surface area contributed by atoms with Crippen molar-refractivity contribution in [3.63, 3.8) is 0 Å². The van der Waals surface area contributed by atoms with Gasteiger partial charge in [-0.3, -0.25) is 37.3 Å². The summed E-state index contributed by atoms with van der Waals surface area (Å²) in [5.74, 6) is -1.40. The highest BCUT2D eigenvalue weighted by Crippen LogP contribution is 2.45. The maximum absolute atomic E-state index is 13.1. The fourth-order valence-corrected chi connectivity index (χ4v) is 14.3. The first-order valence-electron chi connectivity index (χ1n) is 42.6. The van der Waals surface area contributed by atoms with Gasteiger partial charge in [-0.2, -0.15) is 0 Å². The number of hydrogen-bond acceptors (Lipinski definition) is 15. The molecule has 0 rings (SSSR count). The summed E-state index contributed by atoms with van der Waals surface area (Å²) in [4.78, 5) is 73.0. The summed E-state index contributed by atoms with van der Waals surface area (Å²) >= 11 is 0. The number of ether oxygens (including phenoxy) is 4. The maximum atomic E-state index is 13.1. The van der Waals surface area contributed by atoms with E-state index in [1.54, 1.807) is 0 Å². The van der Waals surface area contributed by atoms with Crippen LogP contribution in [0.15, 0.2) is 0 Å². The number of carbonyl (C=O) groups excluding carboxylic acids is 4. The zero-order valence-corrected chi connectivity index (χ0v) is 67.8. The van der Waals surface area contributed by atoms with Crippen molar-refractivity contribution in [1.29, 1.82) is 0 Å². The summed E-state index contributed by atoms with van der Waals surface area (Å²) < 4.78 is 68.7. The average molecular weight is 1480 g/mol. The molecule has 5 atom stereocenters. The lowest BCUT2D eigenvalue weighted by Crippen LogP contribution is -2.30. The van der Waals surface area contributed by atoms with Crippen molar-refractivity contribution < 1.29 is 80.2 Å². The number of aliphatic hydroxyl groups excluding tert-OH is 1. The highest BCUT2D eigenvalue weighted by Gasteiger charge is 2.30. The molecule has 0 bridgehead atoms. The third kappa shape index (κ3) is 76.1. The van der Waals surface area contributed by atoms with Crippen LogP contribution in [-0.4, -0.2) is 96.7 Å². The predicted molar refractivity (Wildman–Crippen MR) is 414 cm³/mol. The van der Waals surface area contributed by atoms with E-state index in [2.05, 4.69) is 34.6 Å². The van der Waals surface area contributed by atoms with E-state index < -0.39 is 97.5 Å². The highest BCUT2D eigenvalue weighted by atomic mass is 31.2. The van der Waals surface area contributed by atoms with Gasteiger partial charge in [-0.1, -0.05) is 388 Å². The minimum Gasteiger partial charge on any atom is -0.462 e. The van der Waals surface area contributed by atoms with Gasteiger partial charge in [-0.05, 0) is 31.6 Å². The molecule has 0 fully saturated rings. The Morgan fingerprint density at radius 1 is 0.267 bits per heavy atom. The van der Waals surface area contributed by atoms with Gasteiger partial charge >= 0.3 is 39.5 Å². The molecule has 0 heterocycles. The normalized spacial score (nSPS) is 13.8. The Morgan fingerprint density at radius 2 is 0.455 bits per heavy atom. The van der Waals surface area contributed by atoms with Crippen LogP contribution in [0.25, 0.3) is 0 Å². The first-order chi connectivity index (χ1) is 49.0. The van der Waals surface area contributed by atoms with Gasteiger partial charge < -0.3 is 33.8 Å². The number of rotatable bonds is 82. The van der Waals surface area contributed by atoms with Gasteiger partial charge in [0, 0.05) is 25.7 Å². The second-order valence-corrected chi connectivity index (χ2v) is 32.9. The summed E-state index contributed by atoms with van der Waals surface area (Å²) in [5, 5.41) is 10.6. The molecule has 0 saturated carbocycles. The number of aliphatic hydroxyl groups is 1. The molecule has 101 heavy (non-hydrogen) atoms. The molecule has 0 spiro atoms. The summed E-state index contributed by atoms with van der Waals surface area (Å²) in [6.07, 6.45) is 66.9. The molecule has 600 valence electrons. The molecule has 0 saturated heterocycles. The minimum absolute atomic E-state index is 0.107. The quantitative estimate of drug-likeness (QED) is 0.0222. The van der Waals surface area contributed by atoms with Gasteiger partial charge in [0.25, 0.3) is 0 Å². The molecule has 0 aliphatic heterocycles. The van der Waals surface area contributed by atoms with Gasteiger partial charge in [0.15, 0.2) is 12.2 Å². The van der Waals surface area contributed by atoms with Gasteiger partial charge in [-0.15, -0.1) is 0 Å². The molecule has 0 aromatic heterocycles. The fraction of sp³-hybridized carbons (Fsp3) is 0.951. The molecule has 0 radical (unpaired) electrons. The van der Waals surface area contributed by atoms with E-state index in [4.69, 9.17) is 37.0 Å². The summed E-state index contributed by atoms with van der Waals surface area (Å²) in [6.45, 7) is 7.27. The van der Waals surface area contributed by atoms with Crippen LogP contribution in [0.4, 0.5) is 0 Å². The zero-order chi connectivity index (χ0) is 74.1. The fourth-order valence-electron chi connectivity index (χ4n) is 12.8. The molecule has 19 heteroatoms. The largest absolute Gasteiger partial charge is 0.472 e. The average Bonchev–Trinajstić information content (AvgIpc) is 1.22. The third-order valence-electron chi connectivity index (χ3n) is 19.3. The molecular weight excluding hydrogens is 1320 g/mol. The number of phosphoric acid groups is 2. The second-order valence-electron chi connectivity index (χ2n) is 30.0. The van der Waals surface area contributed by atoms with Crippen molar-refractivity contribution in [1.82, 2.24) is 0 Å². The van der Waals surface area contributed by atoms with Crippen LogP contribution >= 0.6 is 15.6 Å². The Bertz CT molecular complexity index is 1930. The zero-order valence-electron chi connectivity index (χ0n) is 66.1. The lowest BCUT2D eigenvalue weighted by atomic mass is 10.0. The van der Waals surface area contributed by atoms with E-state index in [0.717, 1.165) is 96.3 Å². The topological polar surface area (TPSA) is 237 Å². The summed E-state index contributed by atoms with van der Waals surface area (Å²) in [7, 11) is -9.92. The smallest absolute Gasteiger partial charge is 0.462 e. The molecule has 3 N–H and O–H groups in total. The van der Waals surface area contributed by atoms with E-state index >= 15 is 0 Å². The molecule has 0 aliphatic rings. The molecule has 0 amide bonds. The minimum atomic E-state index is -4.96. The van der Waals surface area contributed by atoms with Crippen LogP contribution in [-0.2, 0) is 65.4 Å². The molecule has 0 aromatic carbocycles. The SMILES string of the molecule is CCCCCCCCCCCCCCCCCCCCCCC(=O)OC[C@H](COP(=O)(O)OC[C@@H](O)COP(=O)(O)OC[C@@H](COC(=O)CCCCCCCCCC(C)C)OC(=O)CCCCCCCCCCCCC)OC(=O)CCCCCCCCCCCCCCCCCCCCCC. The van der Waals surface area contributed by atoms with E-state index in [1.807, 2.05) is 0 Å². The Labute approximate surface area is 619 Å². The highest BCUT2D eigenvalue weighted by molar-refractivity contribution is 7.47. The van der Waals surface area contributed by atoms with Crippen molar-refractivity contribution in [3.05, 3.63) is 0 Å². The molecule has 0 aromatic rings. The number of esters is 4. The Balaban J connectivity index is 5.19. The number of hydrogen-bond donors (Lipinski definition) is 3. The van der Waals surface area contributed by atoms with Crippen molar-refractivity contribution in [2.45, 2.75) is 457 Å². The van der Waals surface area contributed by atoms with Crippen LogP contribution < -0.4 is 0 Å². The van der Waals surface area contributed by atoms with Crippen molar-refractivity contribution in [2.24, 2.45) is 5.92 Å².